The maximum Gasteiger partial charge on any atom is 0.317 e. The van der Waals surface area contributed by atoms with Gasteiger partial charge in [-0.1, -0.05) is 17.7 Å². The molecule has 0 aliphatic carbocycles. The summed E-state index contributed by atoms with van der Waals surface area (Å²) < 4.78 is 0. The van der Waals surface area contributed by atoms with Gasteiger partial charge in [-0.15, -0.1) is 0 Å². The van der Waals surface area contributed by atoms with Crippen LogP contribution in [-0.2, 0) is 9.59 Å². The number of benzene rings is 1. The second-order valence-electron chi connectivity index (χ2n) is 5.36. The molecule has 0 aromatic heterocycles. The van der Waals surface area contributed by atoms with Gasteiger partial charge in [0, 0.05) is 31.9 Å². The van der Waals surface area contributed by atoms with Gasteiger partial charge in [0.25, 0.3) is 0 Å². The van der Waals surface area contributed by atoms with Crippen LogP contribution in [0.5, 0.6) is 0 Å². The molecule has 0 atom stereocenters. The monoisotopic (exact) mass is 291 g/mol. The van der Waals surface area contributed by atoms with E-state index in [4.69, 9.17) is 5.11 Å². The van der Waals surface area contributed by atoms with Gasteiger partial charge >= 0.3 is 5.97 Å². The Morgan fingerprint density at radius 1 is 1.05 bits per heavy atom. The Hall–Kier alpha value is -1.92. The Morgan fingerprint density at radius 2 is 1.57 bits per heavy atom. The number of anilines is 1. The quantitative estimate of drug-likeness (QED) is 0.833. The second-order valence-corrected chi connectivity index (χ2v) is 5.36. The lowest BCUT2D eigenvalue weighted by Crippen LogP contribution is -2.49. The van der Waals surface area contributed by atoms with Crippen molar-refractivity contribution in [3.63, 3.8) is 0 Å². The van der Waals surface area contributed by atoms with E-state index in [-0.39, 0.29) is 12.5 Å². The molecule has 0 unspecified atom stereocenters. The molecule has 6 nitrogen and oxygen atoms in total. The number of rotatable bonds is 5. The van der Waals surface area contributed by atoms with E-state index in [0.29, 0.717) is 32.7 Å². The van der Waals surface area contributed by atoms with Crippen molar-refractivity contribution in [2.75, 3.05) is 44.6 Å². The van der Waals surface area contributed by atoms with Gasteiger partial charge in [-0.25, -0.2) is 0 Å². The van der Waals surface area contributed by atoms with E-state index >= 15 is 0 Å². The number of hydrogen-bond acceptors (Lipinski definition) is 4. The van der Waals surface area contributed by atoms with Crippen molar-refractivity contribution in [1.82, 2.24) is 9.80 Å². The highest BCUT2D eigenvalue weighted by molar-refractivity contribution is 5.92. The van der Waals surface area contributed by atoms with Crippen LogP contribution in [0.3, 0.4) is 0 Å². The lowest BCUT2D eigenvalue weighted by molar-refractivity contribution is -0.139. The minimum Gasteiger partial charge on any atom is -0.480 e. The Kier molecular flexibility index (Phi) is 5.30. The molecule has 1 saturated heterocycles. The Morgan fingerprint density at radius 3 is 2.10 bits per heavy atom. The van der Waals surface area contributed by atoms with Crippen LogP contribution in [0.4, 0.5) is 5.69 Å². The summed E-state index contributed by atoms with van der Waals surface area (Å²) in [6.07, 6.45) is 0. The Labute approximate surface area is 124 Å². The lowest BCUT2D eigenvalue weighted by Gasteiger charge is -2.33. The van der Waals surface area contributed by atoms with Gasteiger partial charge in [-0.2, -0.15) is 0 Å². The summed E-state index contributed by atoms with van der Waals surface area (Å²) in [5.41, 5.74) is 1.96. The molecule has 0 radical (unpaired) electrons. The maximum atomic E-state index is 12.0. The summed E-state index contributed by atoms with van der Waals surface area (Å²) >= 11 is 0. The highest BCUT2D eigenvalue weighted by Gasteiger charge is 2.20. The third kappa shape index (κ3) is 5.17. The standard InChI is InChI=1S/C15H21N3O3/c1-12-2-4-13(5-3-12)16-14(19)10-17-6-8-18(9-7-17)11-15(20)21/h2-5H,6-11H2,1H3,(H,16,19)(H,20,21). The second kappa shape index (κ2) is 7.19. The first-order valence-corrected chi connectivity index (χ1v) is 7.06. The minimum atomic E-state index is -0.805. The normalized spacial score (nSPS) is 16.6. The van der Waals surface area contributed by atoms with Crippen molar-refractivity contribution in [3.8, 4) is 0 Å². The van der Waals surface area contributed by atoms with Gasteiger partial charge in [0.2, 0.25) is 5.91 Å². The number of aliphatic carboxylic acids is 1. The summed E-state index contributed by atoms with van der Waals surface area (Å²) in [6, 6.07) is 7.69. The van der Waals surface area contributed by atoms with Crippen LogP contribution >= 0.6 is 0 Å². The first-order chi connectivity index (χ1) is 10.0. The highest BCUT2D eigenvalue weighted by atomic mass is 16.4. The summed E-state index contributed by atoms with van der Waals surface area (Å²) in [5, 5.41) is 11.6. The zero-order valence-corrected chi connectivity index (χ0v) is 12.2. The molecule has 1 aromatic carbocycles. The molecule has 0 saturated carbocycles. The smallest absolute Gasteiger partial charge is 0.317 e. The molecule has 2 N–H and O–H groups in total. The molecule has 1 heterocycles. The van der Waals surface area contributed by atoms with Crippen molar-refractivity contribution >= 4 is 17.6 Å². The van der Waals surface area contributed by atoms with E-state index in [0.717, 1.165) is 11.3 Å². The van der Waals surface area contributed by atoms with Gasteiger partial charge < -0.3 is 10.4 Å². The highest BCUT2D eigenvalue weighted by Crippen LogP contribution is 2.09. The summed E-state index contributed by atoms with van der Waals surface area (Å²) in [6.45, 7) is 5.22. The first-order valence-electron chi connectivity index (χ1n) is 7.06. The van der Waals surface area contributed by atoms with Crippen molar-refractivity contribution in [2.24, 2.45) is 0 Å². The number of carbonyl (C=O) groups is 2. The van der Waals surface area contributed by atoms with Crippen LogP contribution in [-0.4, -0.2) is 66.1 Å². The van der Waals surface area contributed by atoms with Crippen LogP contribution < -0.4 is 5.32 Å². The van der Waals surface area contributed by atoms with E-state index in [9.17, 15) is 9.59 Å². The molecule has 1 aromatic rings. The summed E-state index contributed by atoms with van der Waals surface area (Å²) in [5.74, 6) is -0.842. The molecule has 6 heteroatoms. The van der Waals surface area contributed by atoms with Crippen LogP contribution in [0.1, 0.15) is 5.56 Å². The number of nitrogens with one attached hydrogen (secondary N) is 1. The number of amides is 1. The number of aryl methyl sites for hydroxylation is 1. The van der Waals surface area contributed by atoms with E-state index in [1.807, 2.05) is 41.0 Å². The molecule has 114 valence electrons. The summed E-state index contributed by atoms with van der Waals surface area (Å²) in [4.78, 5) is 26.5. The van der Waals surface area contributed by atoms with Gasteiger partial charge in [0.15, 0.2) is 0 Å². The SMILES string of the molecule is Cc1ccc(NC(=O)CN2CCN(CC(=O)O)CC2)cc1. The number of piperazine rings is 1. The van der Waals surface area contributed by atoms with Crippen molar-refractivity contribution in [1.29, 1.82) is 0 Å². The molecule has 1 amide bonds. The van der Waals surface area contributed by atoms with Gasteiger partial charge in [0.05, 0.1) is 13.1 Å². The first kappa shape index (κ1) is 15.5. The molecule has 0 spiro atoms. The molecule has 1 aliphatic heterocycles. The predicted molar refractivity (Wildman–Crippen MR) is 80.3 cm³/mol. The fourth-order valence-electron chi connectivity index (χ4n) is 2.34. The molecule has 0 bridgehead atoms. The van der Waals surface area contributed by atoms with E-state index in [2.05, 4.69) is 5.32 Å². The largest absolute Gasteiger partial charge is 0.480 e. The average Bonchev–Trinajstić information content (AvgIpc) is 2.43. The van der Waals surface area contributed by atoms with Crippen LogP contribution in [0.25, 0.3) is 0 Å². The maximum absolute atomic E-state index is 12.0. The zero-order valence-electron chi connectivity index (χ0n) is 12.2. The van der Waals surface area contributed by atoms with Gasteiger partial charge in [-0.05, 0) is 19.1 Å². The number of hydrogen-bond donors (Lipinski definition) is 2. The van der Waals surface area contributed by atoms with Crippen molar-refractivity contribution in [2.45, 2.75) is 6.92 Å². The van der Waals surface area contributed by atoms with Gasteiger partial charge in [-0.3, -0.25) is 19.4 Å². The van der Waals surface area contributed by atoms with E-state index in [1.54, 1.807) is 0 Å². The number of carboxylic acid groups (broad SMARTS) is 1. The molecule has 21 heavy (non-hydrogen) atoms. The van der Waals surface area contributed by atoms with Crippen molar-refractivity contribution in [3.05, 3.63) is 29.8 Å². The molecule has 1 fully saturated rings. The molecule has 2 rings (SSSR count). The average molecular weight is 291 g/mol. The topological polar surface area (TPSA) is 72.9 Å². The third-order valence-electron chi connectivity index (χ3n) is 3.53. The molecule has 1 aliphatic rings. The Bertz CT molecular complexity index is 493. The van der Waals surface area contributed by atoms with Crippen molar-refractivity contribution < 1.29 is 14.7 Å². The predicted octanol–water partition coefficient (Wildman–Crippen LogP) is 0.636. The minimum absolute atomic E-state index is 0.0365. The van der Waals surface area contributed by atoms with Gasteiger partial charge in [0.1, 0.15) is 0 Å². The number of nitrogens with zero attached hydrogens (tertiary/aromatic N) is 2. The summed E-state index contributed by atoms with van der Waals surface area (Å²) in [7, 11) is 0. The van der Waals surface area contributed by atoms with E-state index in [1.165, 1.54) is 0 Å². The molecular weight excluding hydrogens is 270 g/mol. The van der Waals surface area contributed by atoms with Crippen LogP contribution in [0.15, 0.2) is 24.3 Å². The van der Waals surface area contributed by atoms with E-state index < -0.39 is 5.97 Å². The molecular formula is C15H21N3O3. The Balaban J connectivity index is 1.74. The number of carbonyl (C=O) groups excluding carboxylic acids is 1. The number of carboxylic acids is 1. The lowest BCUT2D eigenvalue weighted by atomic mass is 10.2. The van der Waals surface area contributed by atoms with Crippen LogP contribution in [0, 0.1) is 6.92 Å². The fraction of sp³-hybridized carbons (Fsp3) is 0.467. The fourth-order valence-corrected chi connectivity index (χ4v) is 2.34. The third-order valence-corrected chi connectivity index (χ3v) is 3.53. The zero-order chi connectivity index (χ0) is 15.2. The van der Waals surface area contributed by atoms with Crippen LogP contribution in [0.2, 0.25) is 0 Å².